The molecule has 7 heteroatoms. The van der Waals surface area contributed by atoms with Crippen LogP contribution in [0.5, 0.6) is 0 Å². The molecule has 1 aliphatic rings. The molecule has 1 aromatic rings. The first-order valence-electron chi connectivity index (χ1n) is 7.49. The first kappa shape index (κ1) is 20.6. The van der Waals surface area contributed by atoms with Crippen molar-refractivity contribution in [2.75, 3.05) is 11.9 Å². The second-order valence-corrected chi connectivity index (χ2v) is 5.85. The van der Waals surface area contributed by atoms with E-state index in [9.17, 15) is 14.7 Å². The molecule has 1 fully saturated rings. The molecule has 0 spiro atoms. The van der Waals surface area contributed by atoms with Crippen molar-refractivity contribution in [1.29, 1.82) is 0 Å². The number of aryl methyl sites for hydroxylation is 1. The van der Waals surface area contributed by atoms with Crippen LogP contribution < -0.4 is 67.1 Å². The molecule has 0 aliphatic heterocycles. The van der Waals surface area contributed by atoms with Gasteiger partial charge in [0.25, 0.3) is 0 Å². The summed E-state index contributed by atoms with van der Waals surface area (Å²) >= 11 is 0. The number of carbonyl (C=O) groups is 2. The molecule has 0 radical (unpaired) electrons. The minimum absolute atomic E-state index is 0. The predicted molar refractivity (Wildman–Crippen MR) is 80.1 cm³/mol. The molecule has 23 heavy (non-hydrogen) atoms. The fourth-order valence-corrected chi connectivity index (χ4v) is 2.80. The molecule has 0 aromatic heterocycles. The zero-order chi connectivity index (χ0) is 16.2. The van der Waals surface area contributed by atoms with Gasteiger partial charge in [0.2, 0.25) is 0 Å². The van der Waals surface area contributed by atoms with Gasteiger partial charge in [-0.3, -0.25) is 0 Å². The molecule has 3 N–H and O–H groups in total. The number of aliphatic hydroxyl groups is 1. The van der Waals surface area contributed by atoms with E-state index >= 15 is 0 Å². The monoisotopic (exact) mass is 344 g/mol. The summed E-state index contributed by atoms with van der Waals surface area (Å²) in [6, 6.07) is 6.85. The van der Waals surface area contributed by atoms with Crippen LogP contribution in [-0.2, 0) is 11.2 Å². The predicted octanol–water partition coefficient (Wildman–Crippen LogP) is -2.34. The summed E-state index contributed by atoms with van der Waals surface area (Å²) in [6.07, 6.45) is 2.40. The summed E-state index contributed by atoms with van der Waals surface area (Å²) < 4.78 is 0. The van der Waals surface area contributed by atoms with Crippen molar-refractivity contribution in [1.82, 2.24) is 5.32 Å². The number of carboxylic acid groups (broad SMARTS) is 1. The number of urea groups is 1. The Morgan fingerprint density at radius 3 is 2.39 bits per heavy atom. The summed E-state index contributed by atoms with van der Waals surface area (Å²) in [5.41, 5.74) is 0.410. The molecule has 1 aliphatic carbocycles. The first-order valence-corrected chi connectivity index (χ1v) is 7.49. The van der Waals surface area contributed by atoms with Gasteiger partial charge in [-0.2, -0.15) is 0 Å². The van der Waals surface area contributed by atoms with Crippen LogP contribution >= 0.6 is 0 Å². The molecule has 0 saturated heterocycles. The summed E-state index contributed by atoms with van der Waals surface area (Å²) in [5, 5.41) is 25.3. The van der Waals surface area contributed by atoms with Crippen LogP contribution in [0.15, 0.2) is 24.3 Å². The number of benzene rings is 1. The van der Waals surface area contributed by atoms with E-state index in [1.54, 1.807) is 12.1 Å². The second kappa shape index (κ2) is 9.15. The first-order chi connectivity index (χ1) is 10.5. The Morgan fingerprint density at radius 1 is 1.30 bits per heavy atom. The Balaban J connectivity index is 0.00000264. The van der Waals surface area contributed by atoms with Gasteiger partial charge in [0.05, 0.1) is 11.5 Å². The van der Waals surface area contributed by atoms with Crippen LogP contribution in [0.2, 0.25) is 0 Å². The maximum Gasteiger partial charge on any atom is 1.00 e. The van der Waals surface area contributed by atoms with Gasteiger partial charge in [-0.25, -0.2) is 4.79 Å². The zero-order valence-electron chi connectivity index (χ0n) is 13.6. The Morgan fingerprint density at radius 2 is 1.91 bits per heavy atom. The van der Waals surface area contributed by atoms with Gasteiger partial charge in [-0.15, -0.1) is 0 Å². The summed E-state index contributed by atoms with van der Waals surface area (Å²) in [5.74, 6) is -1.42. The smallest absolute Gasteiger partial charge is 0.548 e. The number of hydrogen-bond acceptors (Lipinski definition) is 4. The molecule has 2 rings (SSSR count). The van der Waals surface area contributed by atoms with E-state index in [4.69, 9.17) is 5.11 Å². The van der Waals surface area contributed by atoms with Crippen molar-refractivity contribution >= 4 is 17.7 Å². The van der Waals surface area contributed by atoms with Gasteiger partial charge in [0.15, 0.2) is 0 Å². The Labute approximate surface area is 178 Å². The Bertz CT molecular complexity index is 542. The third-order valence-corrected chi connectivity index (χ3v) is 4.03. The zero-order valence-corrected chi connectivity index (χ0v) is 16.7. The molecule has 0 atom stereocenters. The van der Waals surface area contributed by atoms with Crippen LogP contribution in [0.3, 0.4) is 0 Å². The van der Waals surface area contributed by atoms with Gasteiger partial charge in [0.1, 0.15) is 0 Å². The molecular weight excluding hydrogens is 323 g/mol. The average molecular weight is 344 g/mol. The fourth-order valence-electron chi connectivity index (χ4n) is 2.80. The minimum atomic E-state index is -1.38. The fraction of sp³-hybridized carbons (Fsp3) is 0.500. The van der Waals surface area contributed by atoms with Gasteiger partial charge in [-0.1, -0.05) is 25.5 Å². The number of rotatable bonds is 6. The van der Waals surface area contributed by atoms with E-state index in [2.05, 4.69) is 17.6 Å². The van der Waals surface area contributed by atoms with Crippen LogP contribution in [0.4, 0.5) is 10.5 Å². The van der Waals surface area contributed by atoms with Crippen molar-refractivity contribution in [3.8, 4) is 0 Å². The molecule has 1 aromatic carbocycles. The van der Waals surface area contributed by atoms with Crippen molar-refractivity contribution < 1.29 is 71.2 Å². The van der Waals surface area contributed by atoms with Crippen LogP contribution in [0, 0.1) is 5.92 Å². The summed E-state index contributed by atoms with van der Waals surface area (Å²) in [7, 11) is 0. The van der Waals surface area contributed by atoms with E-state index in [0.29, 0.717) is 5.69 Å². The van der Waals surface area contributed by atoms with E-state index in [1.165, 1.54) is 5.56 Å². The van der Waals surface area contributed by atoms with Gasteiger partial charge < -0.3 is 25.6 Å². The summed E-state index contributed by atoms with van der Waals surface area (Å²) in [6.45, 7) is 2.01. The van der Waals surface area contributed by atoms with Gasteiger partial charge in [-0.05, 0) is 42.9 Å². The maximum absolute atomic E-state index is 12.0. The quantitative estimate of drug-likeness (QED) is 0.503. The van der Waals surface area contributed by atoms with E-state index in [-0.39, 0.29) is 76.8 Å². The van der Waals surface area contributed by atoms with Crippen molar-refractivity contribution in [3.05, 3.63) is 29.8 Å². The van der Waals surface area contributed by atoms with Crippen LogP contribution in [-0.4, -0.2) is 29.3 Å². The number of amides is 2. The molecule has 0 bridgehead atoms. The number of nitrogens with one attached hydrogen (secondary N) is 2. The molecule has 2 amide bonds. The second-order valence-electron chi connectivity index (χ2n) is 5.85. The van der Waals surface area contributed by atoms with E-state index in [0.717, 1.165) is 12.8 Å². The Hall–Kier alpha value is -0.444. The number of aliphatic carboxylic acids is 1. The third kappa shape index (κ3) is 5.27. The number of carboxylic acids is 1. The molecule has 0 unspecified atom stereocenters. The Kier molecular flexibility index (Phi) is 8.19. The minimum Gasteiger partial charge on any atom is -0.548 e. The number of hydrogen-bond donors (Lipinski definition) is 3. The maximum atomic E-state index is 12.0. The van der Waals surface area contributed by atoms with Gasteiger partial charge >= 0.3 is 57.4 Å². The standard InChI is InChI=1S/C16H22N2O4.K/c1-2-3-11-4-6-13(7-5-11)17-15(22)18-16(14(20)21)8-12(9-16)10-19;/h4-7,12,19H,2-3,8-10H2,1H3,(H,20,21)(H2,17,18,22);/q;+1/p-1. The SMILES string of the molecule is CCCc1ccc(NC(=O)NC2(C(=O)[O-])CC(CO)C2)cc1.[K+]. The molecular formula is C16H21KN2O4. The van der Waals surface area contributed by atoms with Crippen LogP contribution in [0.1, 0.15) is 31.7 Å². The molecule has 6 nitrogen and oxygen atoms in total. The van der Waals surface area contributed by atoms with Gasteiger partial charge in [0, 0.05) is 12.3 Å². The summed E-state index contributed by atoms with van der Waals surface area (Å²) in [4.78, 5) is 23.2. The topological polar surface area (TPSA) is 101 Å². The van der Waals surface area contributed by atoms with Crippen molar-refractivity contribution in [2.24, 2.45) is 5.92 Å². The molecule has 120 valence electrons. The normalized spacial score (nSPS) is 22.4. The molecule has 0 heterocycles. The number of anilines is 1. The van der Waals surface area contributed by atoms with E-state index in [1.807, 2.05) is 12.1 Å². The van der Waals surface area contributed by atoms with Crippen molar-refractivity contribution in [3.63, 3.8) is 0 Å². The number of aliphatic hydroxyl groups excluding tert-OH is 1. The van der Waals surface area contributed by atoms with Crippen molar-refractivity contribution in [2.45, 2.75) is 38.1 Å². The average Bonchev–Trinajstić information content (AvgIpc) is 2.44. The number of carbonyl (C=O) groups excluding carboxylic acids is 2. The van der Waals surface area contributed by atoms with Crippen LogP contribution in [0.25, 0.3) is 0 Å². The molecule has 1 saturated carbocycles. The third-order valence-electron chi connectivity index (χ3n) is 4.03. The largest absolute Gasteiger partial charge is 1.00 e. The van der Waals surface area contributed by atoms with E-state index < -0.39 is 17.5 Å².